The molecular formula is C12H10N4O. The van der Waals surface area contributed by atoms with E-state index in [1.807, 2.05) is 31.3 Å². The molecule has 0 saturated carbocycles. The second kappa shape index (κ2) is 3.55. The Morgan fingerprint density at radius 1 is 1.29 bits per heavy atom. The average Bonchev–Trinajstić information content (AvgIpc) is 2.97. The maximum absolute atomic E-state index is 12.1. The van der Waals surface area contributed by atoms with Crippen molar-refractivity contribution < 1.29 is 4.79 Å². The van der Waals surface area contributed by atoms with E-state index in [0.29, 0.717) is 5.82 Å². The smallest absolute Gasteiger partial charge is 0.299 e. The molecule has 0 aliphatic rings. The summed E-state index contributed by atoms with van der Waals surface area (Å²) in [5.74, 6) is 0.227. The normalized spacial score (nSPS) is 10.9. The van der Waals surface area contributed by atoms with Gasteiger partial charge in [-0.15, -0.1) is 0 Å². The Hall–Kier alpha value is -2.43. The molecule has 0 N–H and O–H groups in total. The molecule has 0 saturated heterocycles. The van der Waals surface area contributed by atoms with Gasteiger partial charge in [0.05, 0.1) is 11.0 Å². The van der Waals surface area contributed by atoms with Crippen molar-refractivity contribution in [3.8, 4) is 0 Å². The Balaban J connectivity index is 2.18. The molecule has 0 atom stereocenters. The molecule has 2 aromatic heterocycles. The summed E-state index contributed by atoms with van der Waals surface area (Å²) in [6.45, 7) is 0. The molecule has 0 spiro atoms. The van der Waals surface area contributed by atoms with Crippen molar-refractivity contribution in [2.45, 2.75) is 0 Å². The monoisotopic (exact) mass is 226 g/mol. The summed E-state index contributed by atoms with van der Waals surface area (Å²) in [6.07, 6.45) is 4.66. The third-order valence-electron chi connectivity index (χ3n) is 2.72. The molecule has 0 unspecified atom stereocenters. The molecule has 2 heterocycles. The first-order valence-electron chi connectivity index (χ1n) is 5.21. The molecule has 3 aromatic rings. The topological polar surface area (TPSA) is 52.7 Å². The summed E-state index contributed by atoms with van der Waals surface area (Å²) >= 11 is 0. The molecule has 3 rings (SSSR count). The highest BCUT2D eigenvalue weighted by Crippen LogP contribution is 2.14. The number of rotatable bonds is 1. The van der Waals surface area contributed by atoms with Gasteiger partial charge in [-0.05, 0) is 12.1 Å². The first-order valence-corrected chi connectivity index (χ1v) is 5.21. The lowest BCUT2D eigenvalue weighted by Gasteiger charge is -2.01. The summed E-state index contributed by atoms with van der Waals surface area (Å²) in [5, 5.41) is 0. The summed E-state index contributed by atoms with van der Waals surface area (Å²) in [5.41, 5.74) is 1.76. The average molecular weight is 226 g/mol. The quantitative estimate of drug-likeness (QED) is 0.631. The number of nitrogens with zero attached hydrogens (tertiary/aromatic N) is 4. The van der Waals surface area contributed by atoms with E-state index < -0.39 is 0 Å². The van der Waals surface area contributed by atoms with Gasteiger partial charge in [0.2, 0.25) is 5.82 Å². The van der Waals surface area contributed by atoms with Crippen LogP contribution < -0.4 is 0 Å². The maximum atomic E-state index is 12.1. The highest BCUT2D eigenvalue weighted by atomic mass is 16.2. The number of hydrogen-bond donors (Lipinski definition) is 0. The summed E-state index contributed by atoms with van der Waals surface area (Å²) in [7, 11) is 1.83. The minimum atomic E-state index is -0.179. The molecule has 0 aliphatic heterocycles. The first-order chi connectivity index (χ1) is 8.27. The van der Waals surface area contributed by atoms with Crippen molar-refractivity contribution in [1.82, 2.24) is 19.1 Å². The standard InChI is InChI=1S/C12H10N4O/c1-15-10-5-3-2-4-9(10)14-11(15)12(17)16-7-6-13-8-16/h2-8H,1H3. The lowest BCUT2D eigenvalue weighted by molar-refractivity contribution is 0.0947. The Labute approximate surface area is 97.3 Å². The predicted molar refractivity (Wildman–Crippen MR) is 62.7 cm³/mol. The van der Waals surface area contributed by atoms with Crippen LogP contribution in [-0.4, -0.2) is 25.0 Å². The van der Waals surface area contributed by atoms with E-state index in [4.69, 9.17) is 0 Å². The zero-order valence-electron chi connectivity index (χ0n) is 9.24. The van der Waals surface area contributed by atoms with Crippen molar-refractivity contribution in [3.63, 3.8) is 0 Å². The van der Waals surface area contributed by atoms with E-state index in [2.05, 4.69) is 9.97 Å². The number of carbonyl (C=O) groups is 1. The number of aromatic nitrogens is 4. The SMILES string of the molecule is Cn1c(C(=O)n2ccnc2)nc2ccccc21. The van der Waals surface area contributed by atoms with Gasteiger partial charge in [0.15, 0.2) is 0 Å². The number of hydrogen-bond acceptors (Lipinski definition) is 3. The molecular weight excluding hydrogens is 216 g/mol. The largest absolute Gasteiger partial charge is 0.323 e. The summed E-state index contributed by atoms with van der Waals surface area (Å²) in [6, 6.07) is 7.66. The van der Waals surface area contributed by atoms with Gasteiger partial charge in [0.25, 0.3) is 5.91 Å². The van der Waals surface area contributed by atoms with Crippen LogP contribution in [0.15, 0.2) is 43.0 Å². The van der Waals surface area contributed by atoms with Crippen LogP contribution in [0.5, 0.6) is 0 Å². The van der Waals surface area contributed by atoms with Crippen LogP contribution in [0.2, 0.25) is 0 Å². The number of aryl methyl sites for hydroxylation is 1. The number of imidazole rings is 2. The van der Waals surface area contributed by atoms with Gasteiger partial charge < -0.3 is 4.57 Å². The predicted octanol–water partition coefficient (Wildman–Crippen LogP) is 1.46. The molecule has 0 aliphatic carbocycles. The van der Waals surface area contributed by atoms with Crippen molar-refractivity contribution in [3.05, 3.63) is 48.8 Å². The number of fused-ring (bicyclic) bond motifs is 1. The van der Waals surface area contributed by atoms with E-state index in [1.54, 1.807) is 17.0 Å². The highest BCUT2D eigenvalue weighted by molar-refractivity contribution is 5.96. The van der Waals surface area contributed by atoms with Crippen molar-refractivity contribution in [1.29, 1.82) is 0 Å². The second-order valence-corrected chi connectivity index (χ2v) is 3.76. The molecule has 0 radical (unpaired) electrons. The zero-order chi connectivity index (χ0) is 11.8. The molecule has 1 aromatic carbocycles. The zero-order valence-corrected chi connectivity index (χ0v) is 9.24. The number of carbonyl (C=O) groups excluding carboxylic acids is 1. The number of benzene rings is 1. The van der Waals surface area contributed by atoms with Crippen LogP contribution in [0, 0.1) is 0 Å². The third kappa shape index (κ3) is 1.44. The molecule has 17 heavy (non-hydrogen) atoms. The van der Waals surface area contributed by atoms with E-state index in [1.165, 1.54) is 10.9 Å². The molecule has 84 valence electrons. The van der Waals surface area contributed by atoms with E-state index in [0.717, 1.165) is 11.0 Å². The van der Waals surface area contributed by atoms with Crippen LogP contribution in [0.4, 0.5) is 0 Å². The molecule has 5 heteroatoms. The van der Waals surface area contributed by atoms with Gasteiger partial charge in [-0.2, -0.15) is 0 Å². The third-order valence-corrected chi connectivity index (χ3v) is 2.72. The van der Waals surface area contributed by atoms with E-state index in [9.17, 15) is 4.79 Å². The van der Waals surface area contributed by atoms with Gasteiger partial charge >= 0.3 is 0 Å². The van der Waals surface area contributed by atoms with Crippen LogP contribution >= 0.6 is 0 Å². The lowest BCUT2D eigenvalue weighted by atomic mass is 10.3. The van der Waals surface area contributed by atoms with Crippen LogP contribution in [0.25, 0.3) is 11.0 Å². The Kier molecular flexibility index (Phi) is 2.04. The van der Waals surface area contributed by atoms with Gasteiger partial charge in [0.1, 0.15) is 6.33 Å². The molecule has 5 nitrogen and oxygen atoms in total. The fraction of sp³-hybridized carbons (Fsp3) is 0.0833. The van der Waals surface area contributed by atoms with E-state index >= 15 is 0 Å². The van der Waals surface area contributed by atoms with Gasteiger partial charge in [-0.3, -0.25) is 9.36 Å². The lowest BCUT2D eigenvalue weighted by Crippen LogP contribution is -2.15. The molecule has 0 bridgehead atoms. The highest BCUT2D eigenvalue weighted by Gasteiger charge is 2.16. The maximum Gasteiger partial charge on any atom is 0.299 e. The van der Waals surface area contributed by atoms with Crippen molar-refractivity contribution in [2.24, 2.45) is 7.05 Å². The van der Waals surface area contributed by atoms with Gasteiger partial charge in [-0.25, -0.2) is 9.97 Å². The van der Waals surface area contributed by atoms with E-state index in [-0.39, 0.29) is 5.91 Å². The first kappa shape index (κ1) is 9.77. The van der Waals surface area contributed by atoms with Crippen LogP contribution in [-0.2, 0) is 7.05 Å². The minimum Gasteiger partial charge on any atom is -0.323 e. The Bertz CT molecular complexity index is 682. The molecule has 0 fully saturated rings. The van der Waals surface area contributed by atoms with Crippen LogP contribution in [0.1, 0.15) is 10.6 Å². The number of para-hydroxylation sites is 2. The minimum absolute atomic E-state index is 0.179. The Morgan fingerprint density at radius 3 is 2.82 bits per heavy atom. The summed E-state index contributed by atoms with van der Waals surface area (Å²) in [4.78, 5) is 20.3. The van der Waals surface area contributed by atoms with Crippen molar-refractivity contribution >= 4 is 16.9 Å². The fourth-order valence-electron chi connectivity index (χ4n) is 1.83. The fourth-order valence-corrected chi connectivity index (χ4v) is 1.83. The van der Waals surface area contributed by atoms with Gasteiger partial charge in [-0.1, -0.05) is 12.1 Å². The van der Waals surface area contributed by atoms with Crippen molar-refractivity contribution in [2.75, 3.05) is 0 Å². The Morgan fingerprint density at radius 2 is 2.12 bits per heavy atom. The van der Waals surface area contributed by atoms with Gasteiger partial charge in [0, 0.05) is 19.4 Å². The molecule has 0 amide bonds. The van der Waals surface area contributed by atoms with Crippen LogP contribution in [0.3, 0.4) is 0 Å². The summed E-state index contributed by atoms with van der Waals surface area (Å²) < 4.78 is 3.21. The second-order valence-electron chi connectivity index (χ2n) is 3.76.